The third kappa shape index (κ3) is 4.21. The molecule has 2 heterocycles. The topological polar surface area (TPSA) is 75.2 Å². The molecule has 3 fully saturated rings. The molecule has 150 valence electrons. The Morgan fingerprint density at radius 3 is 2.52 bits per heavy atom. The third-order valence-electron chi connectivity index (χ3n) is 6.02. The Morgan fingerprint density at radius 1 is 1.19 bits per heavy atom. The average molecular weight is 404 g/mol. The van der Waals surface area contributed by atoms with Crippen LogP contribution in [0.1, 0.15) is 36.9 Å². The van der Waals surface area contributed by atoms with Gasteiger partial charge in [-0.05, 0) is 31.1 Å². The molecule has 1 saturated heterocycles. The molecule has 6 nitrogen and oxygen atoms in total. The summed E-state index contributed by atoms with van der Waals surface area (Å²) in [6.45, 7) is 0.453. The minimum absolute atomic E-state index is 0.00122. The molecule has 2 bridgehead atoms. The van der Waals surface area contributed by atoms with Gasteiger partial charge in [-0.3, -0.25) is 4.90 Å². The van der Waals surface area contributed by atoms with Crippen LogP contribution in [-0.4, -0.2) is 53.9 Å². The second kappa shape index (κ2) is 6.88. The van der Waals surface area contributed by atoms with Crippen molar-refractivity contribution in [2.45, 2.75) is 44.4 Å². The lowest BCUT2D eigenvalue weighted by atomic mass is 9.95. The first-order chi connectivity index (χ1) is 12.7. The van der Waals surface area contributed by atoms with Gasteiger partial charge in [0.2, 0.25) is 5.95 Å². The summed E-state index contributed by atoms with van der Waals surface area (Å²) in [6, 6.07) is 0.156. The second-order valence-electron chi connectivity index (χ2n) is 7.92. The van der Waals surface area contributed by atoms with Crippen LogP contribution in [0.2, 0.25) is 0 Å². The van der Waals surface area contributed by atoms with Crippen LogP contribution in [0, 0.1) is 11.8 Å². The van der Waals surface area contributed by atoms with Crippen LogP contribution in [0.4, 0.5) is 19.1 Å². The number of nitrogens with zero attached hydrogens (tertiary/aromatic N) is 3. The van der Waals surface area contributed by atoms with Crippen molar-refractivity contribution >= 4 is 15.8 Å². The van der Waals surface area contributed by atoms with Crippen LogP contribution in [0.25, 0.3) is 0 Å². The smallest absolute Gasteiger partial charge is 0.351 e. The molecule has 3 aliphatic rings. The third-order valence-corrected chi connectivity index (χ3v) is 7.63. The van der Waals surface area contributed by atoms with Gasteiger partial charge in [0.1, 0.15) is 0 Å². The highest BCUT2D eigenvalue weighted by molar-refractivity contribution is 7.91. The second-order valence-corrected chi connectivity index (χ2v) is 10.2. The fourth-order valence-corrected chi connectivity index (χ4v) is 5.85. The molecule has 0 unspecified atom stereocenters. The molecule has 0 spiro atoms. The SMILES string of the molecule is O=S1(=O)CCN(Cc2cnc(N[C@@H]3C[C@H]4CC[C@@H]3C4)nc2C(F)(F)F)CC1. The molecule has 2 saturated carbocycles. The van der Waals surface area contributed by atoms with Crippen molar-refractivity contribution in [3.63, 3.8) is 0 Å². The van der Waals surface area contributed by atoms with Crippen LogP contribution in [-0.2, 0) is 22.6 Å². The maximum absolute atomic E-state index is 13.5. The van der Waals surface area contributed by atoms with E-state index in [1.165, 1.54) is 12.6 Å². The van der Waals surface area contributed by atoms with Gasteiger partial charge in [-0.15, -0.1) is 0 Å². The maximum Gasteiger partial charge on any atom is 0.433 e. The number of nitrogens with one attached hydrogen (secondary N) is 1. The maximum atomic E-state index is 13.5. The monoisotopic (exact) mass is 404 g/mol. The Morgan fingerprint density at radius 2 is 1.93 bits per heavy atom. The van der Waals surface area contributed by atoms with E-state index >= 15 is 0 Å². The molecule has 1 N–H and O–H groups in total. The normalized spacial score (nSPS) is 30.6. The molecule has 3 atom stereocenters. The van der Waals surface area contributed by atoms with E-state index in [2.05, 4.69) is 15.3 Å². The largest absolute Gasteiger partial charge is 0.433 e. The molecular formula is C17H23F3N4O2S. The van der Waals surface area contributed by atoms with Gasteiger partial charge in [-0.1, -0.05) is 6.42 Å². The number of hydrogen-bond donors (Lipinski definition) is 1. The molecule has 2 aliphatic carbocycles. The van der Waals surface area contributed by atoms with Crippen molar-refractivity contribution in [1.82, 2.24) is 14.9 Å². The lowest BCUT2D eigenvalue weighted by Gasteiger charge is -2.27. The number of halogens is 3. The van der Waals surface area contributed by atoms with Gasteiger partial charge < -0.3 is 5.32 Å². The van der Waals surface area contributed by atoms with Crippen molar-refractivity contribution in [1.29, 1.82) is 0 Å². The fraction of sp³-hybridized carbons (Fsp3) is 0.765. The minimum atomic E-state index is -4.58. The zero-order valence-corrected chi connectivity index (χ0v) is 15.7. The van der Waals surface area contributed by atoms with E-state index in [-0.39, 0.29) is 48.7 Å². The molecule has 0 aromatic carbocycles. The quantitative estimate of drug-likeness (QED) is 0.830. The lowest BCUT2D eigenvalue weighted by Crippen LogP contribution is -2.40. The van der Waals surface area contributed by atoms with E-state index in [1.54, 1.807) is 4.90 Å². The zero-order valence-electron chi connectivity index (χ0n) is 14.9. The van der Waals surface area contributed by atoms with E-state index in [1.807, 2.05) is 0 Å². The molecule has 10 heteroatoms. The summed E-state index contributed by atoms with van der Waals surface area (Å²) in [6.07, 6.45) is 1.09. The Hall–Kier alpha value is -1.42. The average Bonchev–Trinajstić information content (AvgIpc) is 3.20. The van der Waals surface area contributed by atoms with E-state index in [0.717, 1.165) is 19.3 Å². The molecule has 1 aromatic rings. The van der Waals surface area contributed by atoms with Gasteiger partial charge in [-0.2, -0.15) is 13.2 Å². The first-order valence-electron chi connectivity index (χ1n) is 9.32. The predicted molar refractivity (Wildman–Crippen MR) is 93.8 cm³/mol. The summed E-state index contributed by atoms with van der Waals surface area (Å²) in [5, 5.41) is 3.11. The van der Waals surface area contributed by atoms with E-state index in [4.69, 9.17) is 0 Å². The van der Waals surface area contributed by atoms with Crippen LogP contribution >= 0.6 is 0 Å². The molecule has 27 heavy (non-hydrogen) atoms. The molecule has 4 rings (SSSR count). The van der Waals surface area contributed by atoms with E-state index in [9.17, 15) is 21.6 Å². The van der Waals surface area contributed by atoms with Crippen molar-refractivity contribution in [2.75, 3.05) is 29.9 Å². The Kier molecular flexibility index (Phi) is 4.82. The fourth-order valence-electron chi connectivity index (χ4n) is 4.57. The Bertz CT molecular complexity index is 801. The molecule has 1 aliphatic heterocycles. The van der Waals surface area contributed by atoms with Crippen molar-refractivity contribution in [3.05, 3.63) is 17.5 Å². The number of rotatable bonds is 4. The van der Waals surface area contributed by atoms with Crippen LogP contribution in [0.5, 0.6) is 0 Å². The number of hydrogen-bond acceptors (Lipinski definition) is 6. The highest BCUT2D eigenvalue weighted by Crippen LogP contribution is 2.45. The number of alkyl halides is 3. The summed E-state index contributed by atoms with van der Waals surface area (Å²) in [5.41, 5.74) is -0.947. The van der Waals surface area contributed by atoms with Crippen LogP contribution < -0.4 is 5.32 Å². The van der Waals surface area contributed by atoms with Gasteiger partial charge in [0, 0.05) is 37.4 Å². The van der Waals surface area contributed by atoms with Crippen molar-refractivity contribution in [2.24, 2.45) is 11.8 Å². The number of fused-ring (bicyclic) bond motifs is 2. The van der Waals surface area contributed by atoms with Gasteiger partial charge in [0.05, 0.1) is 11.5 Å². The summed E-state index contributed by atoms with van der Waals surface area (Å²) >= 11 is 0. The first-order valence-corrected chi connectivity index (χ1v) is 11.1. The highest BCUT2D eigenvalue weighted by Gasteiger charge is 2.41. The molecule has 0 amide bonds. The zero-order chi connectivity index (χ0) is 19.2. The molecule has 1 aromatic heterocycles. The lowest BCUT2D eigenvalue weighted by molar-refractivity contribution is -0.142. The number of anilines is 1. The van der Waals surface area contributed by atoms with Crippen molar-refractivity contribution in [3.8, 4) is 0 Å². The van der Waals surface area contributed by atoms with Gasteiger partial charge >= 0.3 is 6.18 Å². The minimum Gasteiger partial charge on any atom is -0.351 e. The summed E-state index contributed by atoms with van der Waals surface area (Å²) < 4.78 is 63.6. The molecule has 0 radical (unpaired) electrons. The highest BCUT2D eigenvalue weighted by atomic mass is 32.2. The van der Waals surface area contributed by atoms with Crippen molar-refractivity contribution < 1.29 is 21.6 Å². The van der Waals surface area contributed by atoms with E-state index < -0.39 is 21.7 Å². The number of sulfone groups is 1. The molecular weight excluding hydrogens is 381 g/mol. The van der Waals surface area contributed by atoms with Crippen LogP contribution in [0.15, 0.2) is 6.20 Å². The Balaban J connectivity index is 1.50. The van der Waals surface area contributed by atoms with Gasteiger partial charge in [0.15, 0.2) is 15.5 Å². The first kappa shape index (κ1) is 18.9. The van der Waals surface area contributed by atoms with E-state index in [0.29, 0.717) is 11.8 Å². The van der Waals surface area contributed by atoms with Crippen LogP contribution in [0.3, 0.4) is 0 Å². The Labute approximate surface area is 156 Å². The van der Waals surface area contributed by atoms with Gasteiger partial charge in [-0.25, -0.2) is 18.4 Å². The summed E-state index contributed by atoms with van der Waals surface area (Å²) in [7, 11) is -3.08. The summed E-state index contributed by atoms with van der Waals surface area (Å²) in [5.74, 6) is 1.15. The predicted octanol–water partition coefficient (Wildman–Crippen LogP) is 2.33. The summed E-state index contributed by atoms with van der Waals surface area (Å²) in [4.78, 5) is 9.63. The van der Waals surface area contributed by atoms with Gasteiger partial charge in [0.25, 0.3) is 0 Å². The standard InChI is InChI=1S/C17H23F3N4O2S/c18-17(19,20)15-13(10-24-3-5-27(25,26)6-4-24)9-21-16(23-15)22-14-8-11-1-2-12(14)7-11/h9,11-12,14H,1-8,10H2,(H,21,22,23)/t11-,12+,14+/m0/s1. The number of aromatic nitrogens is 2.